The monoisotopic (exact) mass is 492 g/mol. The maximum atomic E-state index is 12.7. The topological polar surface area (TPSA) is 117 Å². The number of benzene rings is 2. The maximum absolute atomic E-state index is 12.7. The van der Waals surface area contributed by atoms with Gasteiger partial charge in [-0.15, -0.1) is 0 Å². The Bertz CT molecular complexity index is 1230. The average molecular weight is 493 g/mol. The van der Waals surface area contributed by atoms with Crippen LogP contribution in [0.3, 0.4) is 0 Å². The van der Waals surface area contributed by atoms with E-state index in [1.807, 2.05) is 38.2 Å². The Balaban J connectivity index is 0. The van der Waals surface area contributed by atoms with Gasteiger partial charge in [-0.25, -0.2) is 18.1 Å². The van der Waals surface area contributed by atoms with E-state index in [-0.39, 0.29) is 10.6 Å². The third-order valence-electron chi connectivity index (χ3n) is 4.55. The van der Waals surface area contributed by atoms with E-state index in [4.69, 9.17) is 4.74 Å². The molecule has 0 saturated carbocycles. The average Bonchev–Trinajstić information content (AvgIpc) is 2.76. The minimum absolute atomic E-state index is 0. The van der Waals surface area contributed by atoms with Crippen molar-refractivity contribution in [2.45, 2.75) is 38.1 Å². The third-order valence-corrected chi connectivity index (χ3v) is 6.31. The van der Waals surface area contributed by atoms with Gasteiger partial charge < -0.3 is 20.7 Å². The van der Waals surface area contributed by atoms with Crippen LogP contribution in [0.25, 0.3) is 0 Å². The summed E-state index contributed by atoms with van der Waals surface area (Å²) in [7, 11) is -1.77. The lowest BCUT2D eigenvalue weighted by Gasteiger charge is -2.20. The Kier molecular flexibility index (Phi) is 8.08. The second-order valence-corrected chi connectivity index (χ2v) is 10.5. The molecule has 0 aliphatic heterocycles. The van der Waals surface area contributed by atoms with Crippen LogP contribution in [0.2, 0.25) is 0 Å². The van der Waals surface area contributed by atoms with E-state index in [0.29, 0.717) is 24.1 Å². The summed E-state index contributed by atoms with van der Waals surface area (Å²) >= 11 is 0. The standard InChI is InChI=1S/C24H32N6O3S.4H2/c1-17-16-26-23(28-18-9-11-20(12-10-18)33-14-13-25-5)29-22(17)27-19-7-6-8-21(15-19)34(31,32)30-24(2,3)4;;;;/h6-12,15-16,25,30H,13-14H2,1-5H3,(H2,26,27,28,29);4*1H. The fourth-order valence-corrected chi connectivity index (χ4v) is 4.47. The van der Waals surface area contributed by atoms with E-state index in [2.05, 4.69) is 30.6 Å². The van der Waals surface area contributed by atoms with Gasteiger partial charge in [0.05, 0.1) is 4.90 Å². The summed E-state index contributed by atoms with van der Waals surface area (Å²) in [5.41, 5.74) is 1.66. The van der Waals surface area contributed by atoms with Crippen LogP contribution in [-0.4, -0.2) is 44.1 Å². The molecule has 0 aliphatic carbocycles. The van der Waals surface area contributed by atoms with E-state index in [0.717, 1.165) is 23.5 Å². The summed E-state index contributed by atoms with van der Waals surface area (Å²) in [4.78, 5) is 9.08. The number of aromatic nitrogens is 2. The smallest absolute Gasteiger partial charge is 0.241 e. The number of likely N-dealkylation sites (N-methyl/N-ethyl adjacent to an activating group) is 1. The summed E-state index contributed by atoms with van der Waals surface area (Å²) in [6, 6.07) is 14.2. The van der Waals surface area contributed by atoms with Crippen molar-refractivity contribution in [1.29, 1.82) is 0 Å². The summed E-state index contributed by atoms with van der Waals surface area (Å²) in [6.07, 6.45) is 1.70. The molecule has 0 atom stereocenters. The largest absolute Gasteiger partial charge is 0.492 e. The molecule has 0 aliphatic rings. The Morgan fingerprint density at radius 2 is 1.76 bits per heavy atom. The number of ether oxygens (including phenoxy) is 1. The number of nitrogens with one attached hydrogen (secondary N) is 4. The number of hydrogen-bond donors (Lipinski definition) is 4. The Hall–Kier alpha value is -3.21. The van der Waals surface area contributed by atoms with Gasteiger partial charge in [0.25, 0.3) is 0 Å². The molecule has 1 heterocycles. The first-order valence-electron chi connectivity index (χ1n) is 10.9. The molecule has 0 radical (unpaired) electrons. The lowest BCUT2D eigenvalue weighted by molar-refractivity contribution is 0.318. The van der Waals surface area contributed by atoms with Crippen LogP contribution in [0.15, 0.2) is 59.6 Å². The van der Waals surface area contributed by atoms with E-state index < -0.39 is 15.6 Å². The maximum Gasteiger partial charge on any atom is 0.241 e. The predicted octanol–water partition coefficient (Wildman–Crippen LogP) is 4.93. The quantitative estimate of drug-likeness (QED) is 0.294. The van der Waals surface area contributed by atoms with E-state index in [1.165, 1.54) is 0 Å². The SMILES string of the molecule is CNCCOc1ccc(Nc2ncc(C)c(Nc3cccc(S(=O)(=O)NC(C)(C)C)c3)n2)cc1.[HH].[HH].[HH].[HH]. The van der Waals surface area contributed by atoms with Gasteiger partial charge in [-0.1, -0.05) is 6.07 Å². The van der Waals surface area contributed by atoms with E-state index >= 15 is 0 Å². The van der Waals surface area contributed by atoms with Gasteiger partial charge in [-0.2, -0.15) is 4.98 Å². The van der Waals surface area contributed by atoms with Crippen molar-refractivity contribution in [2.24, 2.45) is 0 Å². The molecule has 190 valence electrons. The van der Waals surface area contributed by atoms with Gasteiger partial charge in [-0.05, 0) is 77.2 Å². The highest BCUT2D eigenvalue weighted by molar-refractivity contribution is 7.89. The van der Waals surface area contributed by atoms with E-state index in [1.54, 1.807) is 51.2 Å². The van der Waals surface area contributed by atoms with Crippen LogP contribution in [0, 0.1) is 6.92 Å². The molecule has 3 rings (SSSR count). The lowest BCUT2D eigenvalue weighted by Crippen LogP contribution is -2.40. The Labute approximate surface area is 207 Å². The van der Waals surface area contributed by atoms with Crippen molar-refractivity contribution in [1.82, 2.24) is 20.0 Å². The second kappa shape index (κ2) is 10.8. The van der Waals surface area contributed by atoms with Crippen LogP contribution in [-0.2, 0) is 10.0 Å². The minimum Gasteiger partial charge on any atom is -0.492 e. The van der Waals surface area contributed by atoms with Crippen molar-refractivity contribution in [2.75, 3.05) is 30.8 Å². The molecule has 0 bridgehead atoms. The van der Waals surface area contributed by atoms with E-state index in [9.17, 15) is 8.42 Å². The predicted molar refractivity (Wildman–Crippen MR) is 144 cm³/mol. The fourth-order valence-electron chi connectivity index (χ4n) is 3.00. The van der Waals surface area contributed by atoms with Crippen molar-refractivity contribution in [3.05, 3.63) is 60.3 Å². The van der Waals surface area contributed by atoms with Gasteiger partial charge in [0.1, 0.15) is 18.2 Å². The molecule has 0 fully saturated rings. The zero-order valence-electron chi connectivity index (χ0n) is 20.1. The van der Waals surface area contributed by atoms with Crippen molar-refractivity contribution in [3.63, 3.8) is 0 Å². The van der Waals surface area contributed by atoms with Crippen LogP contribution < -0.4 is 25.4 Å². The number of hydrogen-bond acceptors (Lipinski definition) is 8. The first kappa shape index (κ1) is 25.4. The highest BCUT2D eigenvalue weighted by Crippen LogP contribution is 2.24. The van der Waals surface area contributed by atoms with Crippen LogP contribution in [0.1, 0.15) is 32.0 Å². The molecule has 0 saturated heterocycles. The Morgan fingerprint density at radius 1 is 1.03 bits per heavy atom. The van der Waals surface area contributed by atoms with Crippen molar-refractivity contribution >= 4 is 33.2 Å². The van der Waals surface area contributed by atoms with Gasteiger partial charge in [0.15, 0.2) is 0 Å². The number of rotatable bonds is 10. The second-order valence-electron chi connectivity index (χ2n) is 8.83. The molecule has 2 aromatic carbocycles. The number of nitrogens with zero attached hydrogens (tertiary/aromatic N) is 2. The van der Waals surface area contributed by atoms with Gasteiger partial charge in [0.2, 0.25) is 16.0 Å². The molecule has 9 nitrogen and oxygen atoms in total. The molecular formula is C24H40N6O3S. The summed E-state index contributed by atoms with van der Waals surface area (Å²) in [6.45, 7) is 8.65. The first-order chi connectivity index (χ1) is 16.1. The zero-order valence-corrected chi connectivity index (χ0v) is 21.0. The third kappa shape index (κ3) is 7.41. The highest BCUT2D eigenvalue weighted by Gasteiger charge is 2.22. The van der Waals surface area contributed by atoms with Crippen LogP contribution in [0.5, 0.6) is 5.75 Å². The number of anilines is 4. The molecular weight excluding hydrogens is 452 g/mol. The summed E-state index contributed by atoms with van der Waals surface area (Å²) in [5.74, 6) is 1.77. The summed E-state index contributed by atoms with van der Waals surface area (Å²) in [5, 5.41) is 9.41. The molecule has 4 N–H and O–H groups in total. The zero-order chi connectivity index (χ0) is 24.8. The van der Waals surface area contributed by atoms with Crippen LogP contribution in [0.4, 0.5) is 23.1 Å². The lowest BCUT2D eigenvalue weighted by atomic mass is 10.1. The highest BCUT2D eigenvalue weighted by atomic mass is 32.2. The number of sulfonamides is 1. The van der Waals surface area contributed by atoms with Crippen molar-refractivity contribution in [3.8, 4) is 5.75 Å². The Morgan fingerprint density at radius 3 is 2.44 bits per heavy atom. The van der Waals surface area contributed by atoms with Gasteiger partial charge in [-0.3, -0.25) is 0 Å². The summed E-state index contributed by atoms with van der Waals surface area (Å²) < 4.78 is 33.7. The molecule has 0 spiro atoms. The fraction of sp³-hybridized carbons (Fsp3) is 0.333. The van der Waals surface area contributed by atoms with Crippen molar-refractivity contribution < 1.29 is 18.9 Å². The normalized spacial score (nSPS) is 11.8. The van der Waals surface area contributed by atoms with Gasteiger partial charge in [0, 0.05) is 40.9 Å². The number of aryl methyl sites for hydroxylation is 1. The minimum atomic E-state index is -3.65. The molecule has 0 amide bonds. The molecule has 1 aromatic heterocycles. The molecule has 3 aromatic rings. The van der Waals surface area contributed by atoms with Crippen LogP contribution >= 0.6 is 0 Å². The first-order valence-corrected chi connectivity index (χ1v) is 12.4. The van der Waals surface area contributed by atoms with Gasteiger partial charge >= 0.3 is 0 Å². The molecule has 34 heavy (non-hydrogen) atoms. The molecule has 10 heteroatoms. The molecule has 0 unspecified atom stereocenters.